The fourth-order valence-electron chi connectivity index (χ4n) is 3.15. The molecular weight excluding hydrogens is 396 g/mol. The van der Waals surface area contributed by atoms with E-state index in [0.29, 0.717) is 30.8 Å². The number of benzene rings is 2. The third kappa shape index (κ3) is 5.06. The molecule has 0 spiro atoms. The molecule has 1 amide bonds. The summed E-state index contributed by atoms with van der Waals surface area (Å²) >= 11 is 0. The van der Waals surface area contributed by atoms with Crippen LogP contribution in [0.1, 0.15) is 37.6 Å². The van der Waals surface area contributed by atoms with Crippen molar-refractivity contribution >= 4 is 12.1 Å². The second kappa shape index (κ2) is 8.30. The van der Waals surface area contributed by atoms with E-state index in [0.717, 1.165) is 12.1 Å². The van der Waals surface area contributed by atoms with Crippen LogP contribution in [0.15, 0.2) is 36.4 Å². The number of carboxylic acids is 1. The molecule has 2 aromatic rings. The molecule has 0 unspecified atom stereocenters. The minimum Gasteiger partial charge on any atom is -0.488 e. The molecular formula is C22H23F2NO5. The summed E-state index contributed by atoms with van der Waals surface area (Å²) in [6.45, 7) is 6.10. The molecule has 1 heterocycles. The number of aromatic carboxylic acids is 1. The highest BCUT2D eigenvalue weighted by Gasteiger charge is 2.31. The van der Waals surface area contributed by atoms with Gasteiger partial charge in [-0.1, -0.05) is 6.07 Å². The Morgan fingerprint density at radius 3 is 2.47 bits per heavy atom. The third-order valence-electron chi connectivity index (χ3n) is 4.55. The Bertz CT molecular complexity index is 970. The van der Waals surface area contributed by atoms with E-state index < -0.39 is 29.3 Å². The van der Waals surface area contributed by atoms with E-state index in [-0.39, 0.29) is 17.2 Å². The lowest BCUT2D eigenvalue weighted by Crippen LogP contribution is -2.36. The summed E-state index contributed by atoms with van der Waals surface area (Å²) in [5.74, 6) is -2.88. The molecule has 3 rings (SSSR count). The van der Waals surface area contributed by atoms with Crippen molar-refractivity contribution in [2.45, 2.75) is 38.9 Å². The highest BCUT2D eigenvalue weighted by atomic mass is 19.2. The maximum Gasteiger partial charge on any atom is 0.410 e. The second-order valence-corrected chi connectivity index (χ2v) is 8.10. The van der Waals surface area contributed by atoms with Crippen LogP contribution in [-0.2, 0) is 4.74 Å². The van der Waals surface area contributed by atoms with E-state index in [1.165, 1.54) is 24.3 Å². The second-order valence-electron chi connectivity index (χ2n) is 8.10. The molecule has 1 aliphatic rings. The summed E-state index contributed by atoms with van der Waals surface area (Å²) in [5, 5.41) is 9.29. The fourth-order valence-corrected chi connectivity index (χ4v) is 3.15. The topological polar surface area (TPSA) is 76.1 Å². The Morgan fingerprint density at radius 1 is 1.10 bits per heavy atom. The van der Waals surface area contributed by atoms with Crippen molar-refractivity contribution in [1.82, 2.24) is 4.90 Å². The van der Waals surface area contributed by atoms with Gasteiger partial charge in [-0.05, 0) is 56.7 Å². The van der Waals surface area contributed by atoms with Crippen molar-refractivity contribution < 1.29 is 33.0 Å². The zero-order valence-corrected chi connectivity index (χ0v) is 16.9. The van der Waals surface area contributed by atoms with Crippen molar-refractivity contribution in [3.8, 4) is 16.9 Å². The molecule has 0 aromatic heterocycles. The van der Waals surface area contributed by atoms with Gasteiger partial charge in [-0.15, -0.1) is 0 Å². The number of halogens is 2. The SMILES string of the molecule is CC(C)(C)OC(=O)N1CC[C@@H](Oc2ccc(C(=O)O)cc2-c2ccc(F)c(F)c2)C1. The number of nitrogens with zero attached hydrogens (tertiary/aromatic N) is 1. The normalized spacial score (nSPS) is 16.4. The number of hydrogen-bond acceptors (Lipinski definition) is 4. The predicted molar refractivity (Wildman–Crippen MR) is 106 cm³/mol. The Labute approximate surface area is 173 Å². The van der Waals surface area contributed by atoms with Gasteiger partial charge in [0.15, 0.2) is 11.6 Å². The summed E-state index contributed by atoms with van der Waals surface area (Å²) in [5.41, 5.74) is -0.00917. The van der Waals surface area contributed by atoms with Crippen LogP contribution in [0.4, 0.5) is 13.6 Å². The Hall–Kier alpha value is -3.16. The van der Waals surface area contributed by atoms with E-state index in [2.05, 4.69) is 0 Å². The average Bonchev–Trinajstić information content (AvgIpc) is 3.11. The molecule has 160 valence electrons. The van der Waals surface area contributed by atoms with Crippen LogP contribution in [0, 0.1) is 11.6 Å². The Balaban J connectivity index is 1.83. The molecule has 6 nitrogen and oxygen atoms in total. The van der Waals surface area contributed by atoms with Crippen LogP contribution in [0.25, 0.3) is 11.1 Å². The molecule has 30 heavy (non-hydrogen) atoms. The number of ether oxygens (including phenoxy) is 2. The van der Waals surface area contributed by atoms with E-state index in [1.54, 1.807) is 25.7 Å². The van der Waals surface area contributed by atoms with Crippen LogP contribution in [-0.4, -0.2) is 46.9 Å². The molecule has 1 atom stereocenters. The van der Waals surface area contributed by atoms with Gasteiger partial charge in [-0.2, -0.15) is 0 Å². The first-order chi connectivity index (χ1) is 14.0. The monoisotopic (exact) mass is 419 g/mol. The maximum atomic E-state index is 13.7. The first kappa shape index (κ1) is 21.5. The van der Waals surface area contributed by atoms with Crippen molar-refractivity contribution in [3.05, 3.63) is 53.6 Å². The van der Waals surface area contributed by atoms with Crippen molar-refractivity contribution in [2.75, 3.05) is 13.1 Å². The van der Waals surface area contributed by atoms with Gasteiger partial charge in [0.05, 0.1) is 12.1 Å². The summed E-state index contributed by atoms with van der Waals surface area (Å²) in [4.78, 5) is 25.1. The fraction of sp³-hybridized carbons (Fsp3) is 0.364. The Kier molecular flexibility index (Phi) is 5.96. The minimum atomic E-state index is -1.15. The van der Waals surface area contributed by atoms with E-state index in [9.17, 15) is 23.5 Å². The molecule has 0 bridgehead atoms. The van der Waals surface area contributed by atoms with Gasteiger partial charge in [0.25, 0.3) is 0 Å². The molecule has 1 fully saturated rings. The number of amides is 1. The van der Waals surface area contributed by atoms with Gasteiger partial charge in [-0.25, -0.2) is 18.4 Å². The lowest BCUT2D eigenvalue weighted by atomic mass is 10.0. The van der Waals surface area contributed by atoms with Crippen LogP contribution in [0.2, 0.25) is 0 Å². The largest absolute Gasteiger partial charge is 0.488 e. The number of hydrogen-bond donors (Lipinski definition) is 1. The van der Waals surface area contributed by atoms with Crippen LogP contribution < -0.4 is 4.74 Å². The number of likely N-dealkylation sites (tertiary alicyclic amines) is 1. The lowest BCUT2D eigenvalue weighted by Gasteiger charge is -2.24. The molecule has 0 radical (unpaired) electrons. The number of rotatable bonds is 4. The van der Waals surface area contributed by atoms with Gasteiger partial charge in [0, 0.05) is 18.5 Å². The van der Waals surface area contributed by atoms with Crippen LogP contribution in [0.3, 0.4) is 0 Å². The first-order valence-corrected chi connectivity index (χ1v) is 9.51. The van der Waals surface area contributed by atoms with Gasteiger partial charge in [0.2, 0.25) is 0 Å². The third-order valence-corrected chi connectivity index (χ3v) is 4.55. The number of carbonyl (C=O) groups excluding carboxylic acids is 1. The standard InChI is InChI=1S/C22H23F2NO5/c1-22(2,3)30-21(28)25-9-8-15(12-25)29-19-7-5-14(20(26)27)10-16(19)13-4-6-17(23)18(24)11-13/h4-7,10-11,15H,8-9,12H2,1-3H3,(H,26,27)/t15-/m1/s1. The quantitative estimate of drug-likeness (QED) is 0.776. The van der Waals surface area contributed by atoms with Crippen molar-refractivity contribution in [1.29, 1.82) is 0 Å². The van der Waals surface area contributed by atoms with E-state index >= 15 is 0 Å². The van der Waals surface area contributed by atoms with Gasteiger partial charge in [-0.3, -0.25) is 0 Å². The molecule has 8 heteroatoms. The van der Waals surface area contributed by atoms with E-state index in [1.807, 2.05) is 0 Å². The van der Waals surface area contributed by atoms with Crippen molar-refractivity contribution in [2.24, 2.45) is 0 Å². The molecule has 0 saturated carbocycles. The molecule has 1 N–H and O–H groups in total. The zero-order valence-electron chi connectivity index (χ0n) is 16.9. The summed E-state index contributed by atoms with van der Waals surface area (Å²) in [7, 11) is 0. The molecule has 1 saturated heterocycles. The summed E-state index contributed by atoms with van der Waals surface area (Å²) in [6.07, 6.45) is -0.232. The molecule has 1 aliphatic heterocycles. The molecule has 2 aromatic carbocycles. The van der Waals surface area contributed by atoms with E-state index in [4.69, 9.17) is 9.47 Å². The predicted octanol–water partition coefficient (Wildman–Crippen LogP) is 4.72. The Morgan fingerprint density at radius 2 is 1.83 bits per heavy atom. The maximum absolute atomic E-state index is 13.7. The van der Waals surface area contributed by atoms with Crippen LogP contribution in [0.5, 0.6) is 5.75 Å². The van der Waals surface area contributed by atoms with Crippen molar-refractivity contribution in [3.63, 3.8) is 0 Å². The lowest BCUT2D eigenvalue weighted by molar-refractivity contribution is 0.0275. The average molecular weight is 419 g/mol. The highest BCUT2D eigenvalue weighted by molar-refractivity contribution is 5.90. The van der Waals surface area contributed by atoms with Gasteiger partial charge in [0.1, 0.15) is 17.5 Å². The molecule has 0 aliphatic carbocycles. The van der Waals surface area contributed by atoms with Gasteiger partial charge < -0.3 is 19.5 Å². The summed E-state index contributed by atoms with van der Waals surface area (Å²) in [6, 6.07) is 7.53. The smallest absolute Gasteiger partial charge is 0.410 e. The minimum absolute atomic E-state index is 0.0103. The number of carbonyl (C=O) groups is 2. The first-order valence-electron chi connectivity index (χ1n) is 9.51. The van der Waals surface area contributed by atoms with Gasteiger partial charge >= 0.3 is 12.1 Å². The zero-order chi connectivity index (χ0) is 22.1. The highest BCUT2D eigenvalue weighted by Crippen LogP contribution is 2.34. The van der Waals surface area contributed by atoms with Crippen LogP contribution >= 0.6 is 0 Å². The number of carboxylic acid groups (broad SMARTS) is 1. The summed E-state index contributed by atoms with van der Waals surface area (Å²) < 4.78 is 38.5.